The highest BCUT2D eigenvalue weighted by Gasteiger charge is 2.19. The molecule has 1 aromatic rings. The lowest BCUT2D eigenvalue weighted by Gasteiger charge is -2.15. The van der Waals surface area contributed by atoms with E-state index in [1.165, 1.54) is 0 Å². The zero-order valence-electron chi connectivity index (χ0n) is 9.50. The van der Waals surface area contributed by atoms with E-state index in [0.29, 0.717) is 5.75 Å². The molecule has 1 N–H and O–H groups in total. The molecule has 82 valence electrons. The monoisotopic (exact) mass is 208 g/mol. The first-order valence-electron chi connectivity index (χ1n) is 4.85. The second-order valence-electron chi connectivity index (χ2n) is 3.76. The molecule has 3 heteroatoms. The van der Waals surface area contributed by atoms with E-state index >= 15 is 0 Å². The van der Waals surface area contributed by atoms with Crippen LogP contribution in [0.25, 0.3) is 0 Å². The normalized spacial score (nSPS) is 12.3. The van der Waals surface area contributed by atoms with Gasteiger partial charge in [-0.3, -0.25) is 4.79 Å². The molecular weight excluding hydrogens is 192 g/mol. The van der Waals surface area contributed by atoms with Crippen molar-refractivity contribution in [2.75, 3.05) is 7.11 Å². The Morgan fingerprint density at radius 2 is 2.00 bits per heavy atom. The van der Waals surface area contributed by atoms with Gasteiger partial charge in [-0.15, -0.1) is 0 Å². The van der Waals surface area contributed by atoms with Gasteiger partial charge in [-0.05, 0) is 26.3 Å². The average molecular weight is 208 g/mol. The van der Waals surface area contributed by atoms with Crippen LogP contribution in [0, 0.1) is 13.8 Å². The van der Waals surface area contributed by atoms with Crippen LogP contribution in [0.3, 0.4) is 0 Å². The van der Waals surface area contributed by atoms with Gasteiger partial charge in [0.25, 0.3) is 0 Å². The van der Waals surface area contributed by atoms with Crippen molar-refractivity contribution in [3.8, 4) is 5.75 Å². The molecule has 0 aliphatic carbocycles. The third-order valence-corrected chi connectivity index (χ3v) is 2.49. The van der Waals surface area contributed by atoms with Crippen molar-refractivity contribution in [2.24, 2.45) is 0 Å². The molecule has 3 nitrogen and oxygen atoms in total. The van der Waals surface area contributed by atoms with Crippen LogP contribution in [0.1, 0.15) is 29.5 Å². The van der Waals surface area contributed by atoms with Gasteiger partial charge >= 0.3 is 5.97 Å². The van der Waals surface area contributed by atoms with Crippen LogP contribution in [-0.4, -0.2) is 18.2 Å². The smallest absolute Gasteiger partial charge is 0.310 e. The molecule has 0 radical (unpaired) electrons. The Labute approximate surface area is 89.7 Å². The maximum Gasteiger partial charge on any atom is 0.310 e. The molecule has 0 aromatic heterocycles. The first-order valence-corrected chi connectivity index (χ1v) is 4.85. The number of carboxylic acids is 1. The summed E-state index contributed by atoms with van der Waals surface area (Å²) in [6.45, 7) is 5.54. The third kappa shape index (κ3) is 2.29. The standard InChI is InChI=1S/C12H16O3/c1-7-5-8(2)11(15-4)10(6-7)9(3)12(13)14/h5-6,9H,1-4H3,(H,13,14). The molecule has 0 saturated carbocycles. The zero-order chi connectivity index (χ0) is 11.6. The molecular formula is C12H16O3. The fraction of sp³-hybridized carbons (Fsp3) is 0.417. The van der Waals surface area contributed by atoms with Crippen LogP contribution in [0.5, 0.6) is 5.75 Å². The van der Waals surface area contributed by atoms with Crippen LogP contribution < -0.4 is 4.74 Å². The number of aliphatic carboxylic acids is 1. The van der Waals surface area contributed by atoms with Gasteiger partial charge in [0.1, 0.15) is 5.75 Å². The topological polar surface area (TPSA) is 46.5 Å². The Morgan fingerprint density at radius 3 is 2.47 bits per heavy atom. The van der Waals surface area contributed by atoms with Crippen LogP contribution >= 0.6 is 0 Å². The zero-order valence-corrected chi connectivity index (χ0v) is 9.50. The number of hydrogen-bond donors (Lipinski definition) is 1. The molecule has 1 atom stereocenters. The summed E-state index contributed by atoms with van der Waals surface area (Å²) in [5.74, 6) is -0.702. The minimum absolute atomic E-state index is 0.543. The number of methoxy groups -OCH3 is 1. The summed E-state index contributed by atoms with van der Waals surface area (Å²) in [6.07, 6.45) is 0. The summed E-state index contributed by atoms with van der Waals surface area (Å²) in [5.41, 5.74) is 2.76. The Morgan fingerprint density at radius 1 is 1.40 bits per heavy atom. The number of carboxylic acid groups (broad SMARTS) is 1. The molecule has 0 saturated heterocycles. The van der Waals surface area contributed by atoms with E-state index in [-0.39, 0.29) is 0 Å². The van der Waals surface area contributed by atoms with E-state index in [4.69, 9.17) is 9.84 Å². The van der Waals surface area contributed by atoms with Gasteiger partial charge in [-0.25, -0.2) is 0 Å². The van der Waals surface area contributed by atoms with Crippen molar-refractivity contribution < 1.29 is 14.6 Å². The predicted octanol–water partition coefficient (Wildman–Crippen LogP) is 2.50. The van der Waals surface area contributed by atoms with Gasteiger partial charge < -0.3 is 9.84 Å². The van der Waals surface area contributed by atoms with Gasteiger partial charge in [0, 0.05) is 5.56 Å². The summed E-state index contributed by atoms with van der Waals surface area (Å²) in [6, 6.07) is 3.85. The van der Waals surface area contributed by atoms with Crippen LogP contribution in [0.4, 0.5) is 0 Å². The molecule has 0 aliphatic heterocycles. The molecule has 1 unspecified atom stereocenters. The van der Waals surface area contributed by atoms with E-state index in [9.17, 15) is 4.79 Å². The fourth-order valence-corrected chi connectivity index (χ4v) is 1.72. The van der Waals surface area contributed by atoms with Gasteiger partial charge in [-0.2, -0.15) is 0 Å². The molecule has 1 rings (SSSR count). The molecule has 0 spiro atoms. The Bertz CT molecular complexity index is 383. The Kier molecular flexibility index (Phi) is 3.35. The van der Waals surface area contributed by atoms with Crippen LogP contribution in [0.2, 0.25) is 0 Å². The number of rotatable bonds is 3. The third-order valence-electron chi connectivity index (χ3n) is 2.49. The van der Waals surface area contributed by atoms with Crippen molar-refractivity contribution in [1.29, 1.82) is 0 Å². The second-order valence-corrected chi connectivity index (χ2v) is 3.76. The minimum atomic E-state index is -0.835. The van der Waals surface area contributed by atoms with Crippen molar-refractivity contribution in [1.82, 2.24) is 0 Å². The van der Waals surface area contributed by atoms with E-state index < -0.39 is 11.9 Å². The first kappa shape index (κ1) is 11.6. The van der Waals surface area contributed by atoms with Crippen LogP contribution in [-0.2, 0) is 4.79 Å². The summed E-state index contributed by atoms with van der Waals surface area (Å²) in [7, 11) is 1.57. The number of benzene rings is 1. The van der Waals surface area contributed by atoms with Crippen LogP contribution in [0.15, 0.2) is 12.1 Å². The van der Waals surface area contributed by atoms with Gasteiger partial charge in [0.15, 0.2) is 0 Å². The summed E-state index contributed by atoms with van der Waals surface area (Å²) >= 11 is 0. The minimum Gasteiger partial charge on any atom is -0.496 e. The predicted molar refractivity (Wildman–Crippen MR) is 58.5 cm³/mol. The molecule has 1 aromatic carbocycles. The highest BCUT2D eigenvalue weighted by atomic mass is 16.5. The number of carbonyl (C=O) groups is 1. The molecule has 0 heterocycles. The Hall–Kier alpha value is -1.51. The van der Waals surface area contributed by atoms with Gasteiger partial charge in [-0.1, -0.05) is 17.7 Å². The van der Waals surface area contributed by atoms with Gasteiger partial charge in [0.05, 0.1) is 13.0 Å². The summed E-state index contributed by atoms with van der Waals surface area (Å²) < 4.78 is 5.24. The maximum atomic E-state index is 10.9. The average Bonchev–Trinajstić information content (AvgIpc) is 2.15. The van der Waals surface area contributed by atoms with E-state index in [1.54, 1.807) is 14.0 Å². The van der Waals surface area contributed by atoms with Crippen molar-refractivity contribution in [3.63, 3.8) is 0 Å². The lowest BCUT2D eigenvalue weighted by atomic mass is 9.96. The van der Waals surface area contributed by atoms with Crippen molar-refractivity contribution in [2.45, 2.75) is 26.7 Å². The number of hydrogen-bond acceptors (Lipinski definition) is 2. The van der Waals surface area contributed by atoms with Crippen molar-refractivity contribution >= 4 is 5.97 Å². The number of ether oxygens (including phenoxy) is 1. The highest BCUT2D eigenvalue weighted by Crippen LogP contribution is 2.31. The van der Waals surface area contributed by atoms with E-state index in [2.05, 4.69) is 0 Å². The molecule has 0 aliphatic rings. The lowest BCUT2D eigenvalue weighted by Crippen LogP contribution is -2.10. The SMILES string of the molecule is COc1c(C)cc(C)cc1C(C)C(=O)O. The van der Waals surface area contributed by atoms with Crippen molar-refractivity contribution in [3.05, 3.63) is 28.8 Å². The van der Waals surface area contributed by atoms with E-state index in [1.807, 2.05) is 26.0 Å². The fourth-order valence-electron chi connectivity index (χ4n) is 1.72. The summed E-state index contributed by atoms with van der Waals surface area (Å²) in [5, 5.41) is 8.98. The molecule has 0 bridgehead atoms. The molecule has 15 heavy (non-hydrogen) atoms. The quantitative estimate of drug-likeness (QED) is 0.830. The Balaban J connectivity index is 3.32. The largest absolute Gasteiger partial charge is 0.496 e. The lowest BCUT2D eigenvalue weighted by molar-refractivity contribution is -0.138. The maximum absolute atomic E-state index is 10.9. The summed E-state index contributed by atoms with van der Waals surface area (Å²) in [4.78, 5) is 10.9. The first-order chi connectivity index (χ1) is 6.97. The molecule has 0 fully saturated rings. The van der Waals surface area contributed by atoms with Gasteiger partial charge in [0.2, 0.25) is 0 Å². The van der Waals surface area contributed by atoms with E-state index in [0.717, 1.165) is 16.7 Å². The molecule has 0 amide bonds. The second kappa shape index (κ2) is 4.34. The highest BCUT2D eigenvalue weighted by molar-refractivity contribution is 5.77. The number of aryl methyl sites for hydroxylation is 2.